The second-order valence-electron chi connectivity index (χ2n) is 7.82. The molecule has 4 rings (SSSR count). The molecule has 0 saturated carbocycles. The first-order valence-electron chi connectivity index (χ1n) is 10.2. The molecule has 1 aliphatic rings. The molecule has 1 N–H and O–H groups in total. The third kappa shape index (κ3) is 4.55. The number of hydrogen-bond donors (Lipinski definition) is 1. The van der Waals surface area contributed by atoms with Crippen molar-refractivity contribution in [2.24, 2.45) is 0 Å². The highest BCUT2D eigenvalue weighted by atomic mass is 32.2. The Kier molecular flexibility index (Phi) is 5.87. The van der Waals surface area contributed by atoms with Crippen LogP contribution in [0.2, 0.25) is 0 Å². The standard InChI is InChI=1S/C22H22F3N3O4S/c1-14-15(2)26-20-18(14)4-3-5-19(20)21(29)27-10-12-28(13-11-27)33(30,31)17-8-6-16(7-9-17)32-22(23,24)25/h3-9,26H,10-13H2,1-2H3. The zero-order chi connectivity index (χ0) is 24.0. The lowest BCUT2D eigenvalue weighted by Gasteiger charge is -2.34. The number of halogens is 3. The number of fused-ring (bicyclic) bond motifs is 1. The number of benzene rings is 2. The molecule has 11 heteroatoms. The molecule has 0 unspecified atom stereocenters. The number of aromatic amines is 1. The molecule has 0 aliphatic carbocycles. The van der Waals surface area contributed by atoms with E-state index in [4.69, 9.17) is 0 Å². The third-order valence-corrected chi connectivity index (χ3v) is 7.71. The van der Waals surface area contributed by atoms with Crippen LogP contribution >= 0.6 is 0 Å². The van der Waals surface area contributed by atoms with Crippen molar-refractivity contribution in [1.82, 2.24) is 14.2 Å². The Morgan fingerprint density at radius 2 is 1.64 bits per heavy atom. The summed E-state index contributed by atoms with van der Waals surface area (Å²) in [5.41, 5.74) is 3.34. The number of nitrogens with zero attached hydrogens (tertiary/aromatic N) is 2. The summed E-state index contributed by atoms with van der Waals surface area (Å²) in [4.78, 5) is 17.9. The van der Waals surface area contributed by atoms with Crippen LogP contribution in [0.25, 0.3) is 10.9 Å². The lowest BCUT2D eigenvalue weighted by molar-refractivity contribution is -0.274. The van der Waals surface area contributed by atoms with Gasteiger partial charge in [-0.2, -0.15) is 4.31 Å². The summed E-state index contributed by atoms with van der Waals surface area (Å²) in [7, 11) is -3.92. The van der Waals surface area contributed by atoms with Crippen LogP contribution in [0.1, 0.15) is 21.6 Å². The fourth-order valence-electron chi connectivity index (χ4n) is 3.93. The van der Waals surface area contributed by atoms with Crippen molar-refractivity contribution in [3.05, 3.63) is 59.3 Å². The molecule has 0 atom stereocenters. The van der Waals surface area contributed by atoms with E-state index in [0.29, 0.717) is 5.56 Å². The van der Waals surface area contributed by atoms with E-state index in [2.05, 4.69) is 9.72 Å². The van der Waals surface area contributed by atoms with Crippen LogP contribution in [-0.2, 0) is 10.0 Å². The van der Waals surface area contributed by atoms with Crippen LogP contribution in [0, 0.1) is 13.8 Å². The lowest BCUT2D eigenvalue weighted by Crippen LogP contribution is -2.50. The third-order valence-electron chi connectivity index (χ3n) is 5.79. The topological polar surface area (TPSA) is 82.7 Å². The number of para-hydroxylation sites is 1. The minimum absolute atomic E-state index is 0.0770. The smallest absolute Gasteiger partial charge is 0.406 e. The number of sulfonamides is 1. The number of alkyl halides is 3. The molecule has 2 aromatic carbocycles. The van der Waals surface area contributed by atoms with Crippen molar-refractivity contribution >= 4 is 26.8 Å². The van der Waals surface area contributed by atoms with E-state index in [0.717, 1.165) is 46.4 Å². The highest BCUT2D eigenvalue weighted by molar-refractivity contribution is 7.89. The predicted molar refractivity (Wildman–Crippen MR) is 116 cm³/mol. The maximum absolute atomic E-state index is 13.1. The van der Waals surface area contributed by atoms with Gasteiger partial charge in [0.05, 0.1) is 16.0 Å². The molecule has 1 saturated heterocycles. The van der Waals surface area contributed by atoms with Gasteiger partial charge in [-0.1, -0.05) is 12.1 Å². The summed E-state index contributed by atoms with van der Waals surface area (Å²) in [6.07, 6.45) is -4.86. The molecule has 1 aliphatic heterocycles. The quantitative estimate of drug-likeness (QED) is 0.614. The molecule has 0 bridgehead atoms. The molecule has 33 heavy (non-hydrogen) atoms. The summed E-state index contributed by atoms with van der Waals surface area (Å²) in [6.45, 7) is 4.47. The SMILES string of the molecule is Cc1[nH]c2c(C(=O)N3CCN(S(=O)(=O)c4ccc(OC(F)(F)F)cc4)CC3)cccc2c1C. The molecule has 0 radical (unpaired) electrons. The Balaban J connectivity index is 1.46. The number of carbonyl (C=O) groups excluding carboxylic acids is 1. The summed E-state index contributed by atoms with van der Waals surface area (Å²) in [6, 6.07) is 9.58. The van der Waals surface area contributed by atoms with Gasteiger partial charge in [0.2, 0.25) is 10.0 Å². The van der Waals surface area contributed by atoms with Gasteiger partial charge in [0, 0.05) is 37.3 Å². The molecule has 176 valence electrons. The van der Waals surface area contributed by atoms with Crippen molar-refractivity contribution in [2.45, 2.75) is 25.1 Å². The van der Waals surface area contributed by atoms with E-state index in [9.17, 15) is 26.4 Å². The Morgan fingerprint density at radius 1 is 1.00 bits per heavy atom. The van der Waals surface area contributed by atoms with Gasteiger partial charge in [0.1, 0.15) is 5.75 Å². The highest BCUT2D eigenvalue weighted by Crippen LogP contribution is 2.27. The van der Waals surface area contributed by atoms with Gasteiger partial charge in [-0.05, 0) is 49.7 Å². The minimum atomic E-state index is -4.86. The summed E-state index contributed by atoms with van der Waals surface area (Å²) in [5.74, 6) is -0.687. The predicted octanol–water partition coefficient (Wildman–Crippen LogP) is 3.83. The molecule has 7 nitrogen and oxygen atoms in total. The minimum Gasteiger partial charge on any atom is -0.406 e. The van der Waals surface area contributed by atoms with Gasteiger partial charge in [-0.15, -0.1) is 13.2 Å². The van der Waals surface area contributed by atoms with Crippen molar-refractivity contribution in [3.63, 3.8) is 0 Å². The van der Waals surface area contributed by atoms with Crippen molar-refractivity contribution in [3.8, 4) is 5.75 Å². The van der Waals surface area contributed by atoms with Gasteiger partial charge >= 0.3 is 6.36 Å². The van der Waals surface area contributed by atoms with Gasteiger partial charge in [0.15, 0.2) is 0 Å². The van der Waals surface area contributed by atoms with Crippen molar-refractivity contribution < 1.29 is 31.1 Å². The summed E-state index contributed by atoms with van der Waals surface area (Å²) in [5, 5.41) is 0.970. The first-order valence-corrected chi connectivity index (χ1v) is 11.6. The monoisotopic (exact) mass is 481 g/mol. The first-order chi connectivity index (χ1) is 15.5. The van der Waals surface area contributed by atoms with Crippen LogP contribution in [0.3, 0.4) is 0 Å². The van der Waals surface area contributed by atoms with Crippen LogP contribution in [0.4, 0.5) is 13.2 Å². The second kappa shape index (κ2) is 8.38. The number of aromatic nitrogens is 1. The molecule has 1 aromatic heterocycles. The maximum Gasteiger partial charge on any atom is 0.573 e. The van der Waals surface area contributed by atoms with Gasteiger partial charge in [-0.25, -0.2) is 8.42 Å². The van der Waals surface area contributed by atoms with E-state index in [-0.39, 0.29) is 37.0 Å². The van der Waals surface area contributed by atoms with Crippen molar-refractivity contribution in [2.75, 3.05) is 26.2 Å². The van der Waals surface area contributed by atoms with Gasteiger partial charge < -0.3 is 14.6 Å². The van der Waals surface area contributed by atoms with Crippen molar-refractivity contribution in [1.29, 1.82) is 0 Å². The molecular formula is C22H22F3N3O4S. The van der Waals surface area contributed by atoms with E-state index in [1.54, 1.807) is 11.0 Å². The number of H-pyrrole nitrogens is 1. The number of hydrogen-bond acceptors (Lipinski definition) is 4. The van der Waals surface area contributed by atoms with E-state index >= 15 is 0 Å². The Bertz CT molecular complexity index is 1290. The average molecular weight is 481 g/mol. The normalized spacial score (nSPS) is 15.7. The second-order valence-corrected chi connectivity index (χ2v) is 9.76. The number of amides is 1. The summed E-state index contributed by atoms with van der Waals surface area (Å²) >= 11 is 0. The van der Waals surface area contributed by atoms with Crippen LogP contribution in [-0.4, -0.2) is 61.1 Å². The lowest BCUT2D eigenvalue weighted by atomic mass is 10.1. The average Bonchev–Trinajstić information content (AvgIpc) is 3.06. The Morgan fingerprint density at radius 3 is 2.24 bits per heavy atom. The van der Waals surface area contributed by atoms with Crippen LogP contribution in [0.5, 0.6) is 5.75 Å². The fourth-order valence-corrected chi connectivity index (χ4v) is 5.35. The highest BCUT2D eigenvalue weighted by Gasteiger charge is 2.33. The van der Waals surface area contributed by atoms with Crippen LogP contribution in [0.15, 0.2) is 47.4 Å². The fraction of sp³-hybridized carbons (Fsp3) is 0.318. The molecule has 2 heterocycles. The van der Waals surface area contributed by atoms with E-state index < -0.39 is 22.1 Å². The number of piperazine rings is 1. The molecular weight excluding hydrogens is 459 g/mol. The van der Waals surface area contributed by atoms with Gasteiger partial charge in [0.25, 0.3) is 5.91 Å². The number of aryl methyl sites for hydroxylation is 2. The zero-order valence-corrected chi connectivity index (χ0v) is 18.8. The zero-order valence-electron chi connectivity index (χ0n) is 17.9. The number of nitrogens with one attached hydrogen (secondary N) is 1. The molecule has 3 aromatic rings. The number of rotatable bonds is 4. The molecule has 1 fully saturated rings. The molecule has 1 amide bonds. The summed E-state index contributed by atoms with van der Waals surface area (Å²) < 4.78 is 67.7. The largest absolute Gasteiger partial charge is 0.573 e. The van der Waals surface area contributed by atoms with E-state index in [1.807, 2.05) is 26.0 Å². The molecule has 0 spiro atoms. The Hall–Kier alpha value is -3.05. The van der Waals surface area contributed by atoms with Gasteiger partial charge in [-0.3, -0.25) is 4.79 Å². The first kappa shape index (κ1) is 23.1. The Labute approximate surface area is 188 Å². The maximum atomic E-state index is 13.1. The van der Waals surface area contributed by atoms with Crippen LogP contribution < -0.4 is 4.74 Å². The number of carbonyl (C=O) groups is 1. The number of ether oxygens (including phenoxy) is 1. The van der Waals surface area contributed by atoms with E-state index in [1.165, 1.54) is 4.31 Å².